The number of benzene rings is 2. The van der Waals surface area contributed by atoms with Crippen molar-refractivity contribution in [2.75, 3.05) is 26.8 Å². The highest BCUT2D eigenvalue weighted by Gasteiger charge is 2.37. The van der Waals surface area contributed by atoms with E-state index < -0.39 is 11.1 Å². The number of hydrogen-bond acceptors (Lipinski definition) is 6. The molecule has 0 N–H and O–H groups in total. The molecule has 2 aromatic rings. The number of nitrogens with zero attached hydrogens (tertiary/aromatic N) is 2. The zero-order valence-electron chi connectivity index (χ0n) is 19.9. The molecule has 3 amide bonds. The molecule has 0 bridgehead atoms. The normalized spacial score (nSPS) is 16.5. The minimum absolute atomic E-state index is 0.237. The van der Waals surface area contributed by atoms with E-state index in [9.17, 15) is 14.4 Å². The number of rotatable bonds is 8. The summed E-state index contributed by atoms with van der Waals surface area (Å²) in [4.78, 5) is 41.6. The standard InChI is InChI=1S/C27H28N2O5S/c1-4-8-20-13-18(14-22(34-5-2)25(20)33-3)15-23-26(31)29(27(32)35-23)17-24(30)28-12-11-19-9-6-7-10-21(19)16-28/h4,6-7,9-10,13-15H,1,5,8,11-12,16-17H2,2-3H3/b23-15+. The van der Waals surface area contributed by atoms with Crippen LogP contribution in [0.5, 0.6) is 11.5 Å². The van der Waals surface area contributed by atoms with Crippen molar-refractivity contribution in [1.29, 1.82) is 0 Å². The fourth-order valence-corrected chi connectivity index (χ4v) is 5.14. The van der Waals surface area contributed by atoms with Gasteiger partial charge in [0.2, 0.25) is 5.91 Å². The maximum Gasteiger partial charge on any atom is 0.294 e. The minimum Gasteiger partial charge on any atom is -0.493 e. The van der Waals surface area contributed by atoms with Crippen molar-refractivity contribution in [3.05, 3.63) is 76.2 Å². The van der Waals surface area contributed by atoms with Gasteiger partial charge in [0, 0.05) is 18.7 Å². The van der Waals surface area contributed by atoms with E-state index in [-0.39, 0.29) is 17.4 Å². The molecule has 8 heteroatoms. The number of hydrogen-bond donors (Lipinski definition) is 0. The van der Waals surface area contributed by atoms with Gasteiger partial charge in [-0.15, -0.1) is 6.58 Å². The number of carbonyl (C=O) groups excluding carboxylic acids is 3. The topological polar surface area (TPSA) is 76.2 Å². The first kappa shape index (κ1) is 24.6. The van der Waals surface area contributed by atoms with Crippen LogP contribution < -0.4 is 9.47 Å². The Kier molecular flexibility index (Phi) is 7.60. The highest BCUT2D eigenvalue weighted by Crippen LogP contribution is 2.37. The van der Waals surface area contributed by atoms with E-state index in [2.05, 4.69) is 12.6 Å². The first-order chi connectivity index (χ1) is 16.9. The number of imide groups is 1. The number of amides is 3. The van der Waals surface area contributed by atoms with Gasteiger partial charge >= 0.3 is 0 Å². The molecule has 182 valence electrons. The van der Waals surface area contributed by atoms with Crippen molar-refractivity contribution in [3.63, 3.8) is 0 Å². The largest absolute Gasteiger partial charge is 0.493 e. The molecule has 7 nitrogen and oxygen atoms in total. The van der Waals surface area contributed by atoms with Crippen LogP contribution in [0.25, 0.3) is 6.08 Å². The van der Waals surface area contributed by atoms with E-state index >= 15 is 0 Å². The number of thioether (sulfide) groups is 1. The Balaban J connectivity index is 1.52. The van der Waals surface area contributed by atoms with Crippen molar-refractivity contribution >= 4 is 34.9 Å². The van der Waals surface area contributed by atoms with Crippen molar-refractivity contribution < 1.29 is 23.9 Å². The predicted octanol–water partition coefficient (Wildman–Crippen LogP) is 4.44. The van der Waals surface area contributed by atoms with E-state index in [0.29, 0.717) is 43.2 Å². The molecule has 2 aliphatic rings. The smallest absolute Gasteiger partial charge is 0.294 e. The third-order valence-corrected chi connectivity index (χ3v) is 6.88. The number of methoxy groups -OCH3 is 1. The second kappa shape index (κ2) is 10.8. The summed E-state index contributed by atoms with van der Waals surface area (Å²) in [6, 6.07) is 11.7. The monoisotopic (exact) mass is 492 g/mol. The van der Waals surface area contributed by atoms with Gasteiger partial charge in [-0.2, -0.15) is 0 Å². The fourth-order valence-electron chi connectivity index (χ4n) is 4.30. The second-order valence-corrected chi connectivity index (χ2v) is 9.23. The van der Waals surface area contributed by atoms with E-state index in [1.807, 2.05) is 31.2 Å². The molecule has 4 rings (SSSR count). The van der Waals surface area contributed by atoms with Gasteiger partial charge in [-0.25, -0.2) is 0 Å². The number of carbonyl (C=O) groups is 3. The number of fused-ring (bicyclic) bond motifs is 1. The molecule has 0 unspecified atom stereocenters. The van der Waals surface area contributed by atoms with Crippen LogP contribution in [-0.4, -0.2) is 53.7 Å². The van der Waals surface area contributed by atoms with Gasteiger partial charge in [0.05, 0.1) is 18.6 Å². The van der Waals surface area contributed by atoms with E-state index in [1.54, 1.807) is 30.2 Å². The van der Waals surface area contributed by atoms with Gasteiger partial charge in [-0.1, -0.05) is 30.3 Å². The van der Waals surface area contributed by atoms with Crippen LogP contribution in [-0.2, 0) is 29.0 Å². The molecule has 0 aromatic heterocycles. The molecule has 35 heavy (non-hydrogen) atoms. The molecular formula is C27H28N2O5S. The Morgan fingerprint density at radius 2 is 1.97 bits per heavy atom. The van der Waals surface area contributed by atoms with Crippen LogP contribution in [0.2, 0.25) is 0 Å². The number of ether oxygens (including phenoxy) is 2. The Labute approximate surface area is 209 Å². The molecule has 2 heterocycles. The second-order valence-electron chi connectivity index (χ2n) is 8.24. The average Bonchev–Trinajstić information content (AvgIpc) is 3.11. The molecule has 2 aliphatic heterocycles. The first-order valence-corrected chi connectivity index (χ1v) is 12.3. The van der Waals surface area contributed by atoms with Crippen LogP contribution in [0.4, 0.5) is 4.79 Å². The lowest BCUT2D eigenvalue weighted by atomic mass is 10.00. The Hall–Kier alpha value is -3.52. The molecule has 1 saturated heterocycles. The molecule has 0 atom stereocenters. The third-order valence-electron chi connectivity index (χ3n) is 5.97. The van der Waals surface area contributed by atoms with Gasteiger partial charge in [-0.05, 0) is 66.4 Å². The van der Waals surface area contributed by atoms with Crippen molar-refractivity contribution in [2.45, 2.75) is 26.3 Å². The summed E-state index contributed by atoms with van der Waals surface area (Å²) in [5.74, 6) is 0.468. The fraction of sp³-hybridized carbons (Fsp3) is 0.296. The predicted molar refractivity (Wildman–Crippen MR) is 136 cm³/mol. The molecular weight excluding hydrogens is 464 g/mol. The summed E-state index contributed by atoms with van der Waals surface area (Å²) < 4.78 is 11.2. The average molecular weight is 493 g/mol. The summed E-state index contributed by atoms with van der Waals surface area (Å²) in [6.45, 7) is 6.91. The van der Waals surface area contributed by atoms with Crippen LogP contribution in [0.15, 0.2) is 54.0 Å². The van der Waals surface area contributed by atoms with Crippen molar-refractivity contribution in [2.24, 2.45) is 0 Å². The van der Waals surface area contributed by atoms with Crippen LogP contribution in [0.3, 0.4) is 0 Å². The summed E-state index contributed by atoms with van der Waals surface area (Å²) >= 11 is 0.838. The van der Waals surface area contributed by atoms with Gasteiger partial charge in [0.15, 0.2) is 11.5 Å². The van der Waals surface area contributed by atoms with Crippen molar-refractivity contribution in [1.82, 2.24) is 9.80 Å². The van der Waals surface area contributed by atoms with Gasteiger partial charge in [0.1, 0.15) is 6.54 Å². The van der Waals surface area contributed by atoms with Gasteiger partial charge in [0.25, 0.3) is 11.1 Å². The highest BCUT2D eigenvalue weighted by atomic mass is 32.2. The minimum atomic E-state index is -0.468. The SMILES string of the molecule is C=CCc1cc(/C=C2/SC(=O)N(CC(=O)N3CCc4ccccc4C3)C2=O)cc(OCC)c1OC. The maximum absolute atomic E-state index is 13.1. The molecule has 0 radical (unpaired) electrons. The Bertz CT molecular complexity index is 1210. The summed E-state index contributed by atoms with van der Waals surface area (Å²) in [5.41, 5.74) is 3.89. The lowest BCUT2D eigenvalue weighted by molar-refractivity contribution is -0.136. The summed E-state index contributed by atoms with van der Waals surface area (Å²) in [7, 11) is 1.58. The van der Waals surface area contributed by atoms with Crippen LogP contribution in [0, 0.1) is 0 Å². The lowest BCUT2D eigenvalue weighted by Crippen LogP contribution is -2.44. The van der Waals surface area contributed by atoms with Crippen LogP contribution >= 0.6 is 11.8 Å². The van der Waals surface area contributed by atoms with Crippen LogP contribution in [0.1, 0.15) is 29.2 Å². The Morgan fingerprint density at radius 3 is 2.69 bits per heavy atom. The van der Waals surface area contributed by atoms with Gasteiger partial charge < -0.3 is 14.4 Å². The molecule has 0 saturated carbocycles. The molecule has 2 aromatic carbocycles. The van der Waals surface area contributed by atoms with E-state index in [1.165, 1.54) is 5.56 Å². The molecule has 0 spiro atoms. The van der Waals surface area contributed by atoms with Crippen molar-refractivity contribution in [3.8, 4) is 11.5 Å². The molecule has 0 aliphatic carbocycles. The zero-order chi connectivity index (χ0) is 24.9. The maximum atomic E-state index is 13.1. The van der Waals surface area contributed by atoms with Gasteiger partial charge in [-0.3, -0.25) is 19.3 Å². The lowest BCUT2D eigenvalue weighted by Gasteiger charge is -2.29. The Morgan fingerprint density at radius 1 is 1.20 bits per heavy atom. The highest BCUT2D eigenvalue weighted by molar-refractivity contribution is 8.18. The number of allylic oxidation sites excluding steroid dienone is 1. The third kappa shape index (κ3) is 5.27. The quantitative estimate of drug-likeness (QED) is 0.401. The van der Waals surface area contributed by atoms with E-state index in [0.717, 1.165) is 34.2 Å². The summed E-state index contributed by atoms with van der Waals surface area (Å²) in [6.07, 6.45) is 4.73. The molecule has 1 fully saturated rings. The zero-order valence-corrected chi connectivity index (χ0v) is 20.7. The summed E-state index contributed by atoms with van der Waals surface area (Å²) in [5, 5.41) is -0.447. The van der Waals surface area contributed by atoms with E-state index in [4.69, 9.17) is 9.47 Å². The first-order valence-electron chi connectivity index (χ1n) is 11.5.